The number of hydrogen-bond acceptors (Lipinski definition) is 9. The standard InChI is InChI=1S/C32H23ClF4N4O5S/c33-22-14-23(25(46-31(43)32(35,36)37)15-24(22)45-16-19-2-1-3-20(34)12-19)40-29-28-21-6-4-18(13-26(21)47-30(28)39-17-38-29)5-7-27(42)41-8-10-44-11-9-41/h1-7,12-15,17H,8-11,16H2,(H,38,39,40)/b7-5+. The van der Waals surface area contributed by atoms with Crippen LogP contribution in [0.5, 0.6) is 11.5 Å². The zero-order valence-corrected chi connectivity index (χ0v) is 25.7. The number of ether oxygens (including phenoxy) is 3. The molecule has 3 aromatic carbocycles. The number of amides is 1. The zero-order chi connectivity index (χ0) is 33.1. The van der Waals surface area contributed by atoms with E-state index in [1.807, 2.05) is 18.2 Å². The van der Waals surface area contributed by atoms with Crippen LogP contribution in [0.3, 0.4) is 0 Å². The van der Waals surface area contributed by atoms with Gasteiger partial charge in [0.2, 0.25) is 5.91 Å². The van der Waals surface area contributed by atoms with Gasteiger partial charge in [-0.15, -0.1) is 11.3 Å². The third-order valence-electron chi connectivity index (χ3n) is 7.04. The molecule has 1 aliphatic heterocycles. The molecule has 2 aromatic heterocycles. The Hall–Kier alpha value is -4.79. The molecule has 0 bridgehead atoms. The van der Waals surface area contributed by atoms with Gasteiger partial charge < -0.3 is 24.4 Å². The van der Waals surface area contributed by atoms with Crippen molar-refractivity contribution in [3.05, 3.63) is 89.0 Å². The molecule has 3 heterocycles. The third kappa shape index (κ3) is 7.45. The molecule has 47 heavy (non-hydrogen) atoms. The van der Waals surface area contributed by atoms with E-state index in [4.69, 9.17) is 25.8 Å². The SMILES string of the molecule is O=C(/C=C/c1ccc2c(c1)sc1ncnc(Nc3cc(Cl)c(OCc4cccc(F)c4)cc3OC(=O)C(F)(F)F)c12)N1CCOCC1. The van der Waals surface area contributed by atoms with E-state index in [2.05, 4.69) is 15.3 Å². The number of morpholine rings is 1. The summed E-state index contributed by atoms with van der Waals surface area (Å²) in [4.78, 5) is 35.3. The number of thiophene rings is 1. The third-order valence-corrected chi connectivity index (χ3v) is 8.40. The first-order valence-electron chi connectivity index (χ1n) is 14.0. The number of esters is 1. The molecule has 1 saturated heterocycles. The molecular weight excluding hydrogens is 664 g/mol. The average Bonchev–Trinajstić information content (AvgIpc) is 3.43. The lowest BCUT2D eigenvalue weighted by Gasteiger charge is -2.25. The minimum Gasteiger partial charge on any atom is -0.487 e. The first-order chi connectivity index (χ1) is 22.5. The monoisotopic (exact) mass is 686 g/mol. The zero-order valence-electron chi connectivity index (χ0n) is 24.1. The molecule has 0 unspecified atom stereocenters. The van der Waals surface area contributed by atoms with Crippen molar-refractivity contribution in [1.82, 2.24) is 14.9 Å². The summed E-state index contributed by atoms with van der Waals surface area (Å²) in [5, 5.41) is 4.20. The van der Waals surface area contributed by atoms with Gasteiger partial charge in [-0.3, -0.25) is 4.79 Å². The van der Waals surface area contributed by atoms with Crippen LogP contribution >= 0.6 is 22.9 Å². The van der Waals surface area contributed by atoms with E-state index in [-0.39, 0.29) is 34.8 Å². The molecule has 1 N–H and O–H groups in total. The molecule has 0 spiro atoms. The fraction of sp³-hybridized carbons (Fsp3) is 0.188. The Morgan fingerprint density at radius 3 is 2.64 bits per heavy atom. The van der Waals surface area contributed by atoms with Gasteiger partial charge in [0.15, 0.2) is 5.75 Å². The second-order valence-corrected chi connectivity index (χ2v) is 11.7. The highest BCUT2D eigenvalue weighted by Crippen LogP contribution is 2.42. The van der Waals surface area contributed by atoms with Crippen molar-refractivity contribution in [3.63, 3.8) is 0 Å². The highest BCUT2D eigenvalue weighted by molar-refractivity contribution is 7.25. The predicted octanol–water partition coefficient (Wildman–Crippen LogP) is 7.30. The molecule has 15 heteroatoms. The van der Waals surface area contributed by atoms with E-state index in [9.17, 15) is 27.2 Å². The fourth-order valence-electron chi connectivity index (χ4n) is 4.78. The second-order valence-electron chi connectivity index (χ2n) is 10.2. The molecule has 1 amide bonds. The van der Waals surface area contributed by atoms with Crippen LogP contribution in [0, 0.1) is 5.82 Å². The Balaban J connectivity index is 1.31. The number of anilines is 2. The smallest absolute Gasteiger partial charge is 0.487 e. The maximum Gasteiger partial charge on any atom is 0.491 e. The molecule has 6 rings (SSSR count). The molecule has 0 radical (unpaired) electrons. The van der Waals surface area contributed by atoms with Crippen molar-refractivity contribution in [2.45, 2.75) is 12.8 Å². The summed E-state index contributed by atoms with van der Waals surface area (Å²) in [5.74, 6) is -3.50. The van der Waals surface area contributed by atoms with Gasteiger partial charge in [-0.1, -0.05) is 35.9 Å². The minimum atomic E-state index is -5.29. The van der Waals surface area contributed by atoms with Crippen LogP contribution in [0.1, 0.15) is 11.1 Å². The topological polar surface area (TPSA) is 103 Å². The van der Waals surface area contributed by atoms with E-state index in [0.29, 0.717) is 42.1 Å². The maximum absolute atomic E-state index is 13.6. The van der Waals surface area contributed by atoms with Crippen LogP contribution in [-0.4, -0.2) is 59.2 Å². The van der Waals surface area contributed by atoms with E-state index < -0.39 is 23.7 Å². The quantitative estimate of drug-likeness (QED) is 0.0786. The van der Waals surface area contributed by atoms with E-state index in [1.54, 1.807) is 17.0 Å². The lowest BCUT2D eigenvalue weighted by Crippen LogP contribution is -2.39. The number of rotatable bonds is 8. The van der Waals surface area contributed by atoms with Crippen LogP contribution in [-0.2, 0) is 20.9 Å². The molecular formula is C32H23ClF4N4O5S. The number of aromatic nitrogens is 2. The van der Waals surface area contributed by atoms with Crippen LogP contribution in [0.2, 0.25) is 5.02 Å². The number of nitrogens with zero attached hydrogens (tertiary/aromatic N) is 3. The summed E-state index contributed by atoms with van der Waals surface area (Å²) in [7, 11) is 0. The lowest BCUT2D eigenvalue weighted by molar-refractivity contribution is -0.189. The van der Waals surface area contributed by atoms with Gasteiger partial charge in [0.05, 0.1) is 29.3 Å². The molecule has 9 nitrogen and oxygen atoms in total. The number of nitrogens with one attached hydrogen (secondary N) is 1. The molecule has 0 saturated carbocycles. The van der Waals surface area contributed by atoms with Crippen molar-refractivity contribution in [2.24, 2.45) is 0 Å². The molecule has 0 aliphatic carbocycles. The highest BCUT2D eigenvalue weighted by Gasteiger charge is 2.42. The molecule has 5 aromatic rings. The molecule has 1 aliphatic rings. The average molecular weight is 687 g/mol. The van der Waals surface area contributed by atoms with E-state index in [0.717, 1.165) is 21.7 Å². The van der Waals surface area contributed by atoms with Gasteiger partial charge >= 0.3 is 12.1 Å². The maximum atomic E-state index is 13.6. The number of benzene rings is 3. The van der Waals surface area contributed by atoms with E-state index in [1.165, 1.54) is 48.0 Å². The van der Waals surface area contributed by atoms with Gasteiger partial charge in [-0.2, -0.15) is 13.2 Å². The van der Waals surface area contributed by atoms with Gasteiger partial charge in [0, 0.05) is 35.3 Å². The molecule has 242 valence electrons. The van der Waals surface area contributed by atoms with E-state index >= 15 is 0 Å². The number of carbonyl (C=O) groups is 2. The number of hydrogen-bond donors (Lipinski definition) is 1. The first kappa shape index (κ1) is 32.2. The number of fused-ring (bicyclic) bond motifs is 3. The first-order valence-corrected chi connectivity index (χ1v) is 15.2. The van der Waals surface area contributed by atoms with Crippen molar-refractivity contribution in [3.8, 4) is 11.5 Å². The van der Waals surface area contributed by atoms with Gasteiger partial charge in [-0.05, 0) is 41.5 Å². The van der Waals surface area contributed by atoms with Crippen LogP contribution in [0.4, 0.5) is 29.1 Å². The Bertz CT molecular complexity index is 2010. The predicted molar refractivity (Wildman–Crippen MR) is 169 cm³/mol. The van der Waals surface area contributed by atoms with Crippen molar-refractivity contribution in [1.29, 1.82) is 0 Å². The van der Waals surface area contributed by atoms with Crippen LogP contribution < -0.4 is 14.8 Å². The number of alkyl halides is 3. The summed E-state index contributed by atoms with van der Waals surface area (Å²) in [5.41, 5.74) is 1.11. The summed E-state index contributed by atoms with van der Waals surface area (Å²) < 4.78 is 69.7. The number of carbonyl (C=O) groups excluding carboxylic acids is 2. The van der Waals surface area contributed by atoms with Crippen LogP contribution in [0.25, 0.3) is 26.4 Å². The van der Waals surface area contributed by atoms with Gasteiger partial charge in [0.1, 0.15) is 35.1 Å². The molecule has 0 atom stereocenters. The van der Waals surface area contributed by atoms with Crippen LogP contribution in [0.15, 0.2) is 67.0 Å². The Morgan fingerprint density at radius 1 is 1.06 bits per heavy atom. The van der Waals surface area contributed by atoms with Gasteiger partial charge in [-0.25, -0.2) is 19.2 Å². The fourth-order valence-corrected chi connectivity index (χ4v) is 6.09. The Morgan fingerprint density at radius 2 is 1.87 bits per heavy atom. The normalized spacial score (nSPS) is 13.8. The molecule has 1 fully saturated rings. The van der Waals surface area contributed by atoms with Crippen molar-refractivity contribution < 1.29 is 41.4 Å². The van der Waals surface area contributed by atoms with Crippen molar-refractivity contribution >= 4 is 72.7 Å². The van der Waals surface area contributed by atoms with Gasteiger partial charge in [0.25, 0.3) is 0 Å². The summed E-state index contributed by atoms with van der Waals surface area (Å²) in [6.45, 7) is 1.89. The number of halogens is 5. The highest BCUT2D eigenvalue weighted by atomic mass is 35.5. The van der Waals surface area contributed by atoms with Crippen molar-refractivity contribution in [2.75, 3.05) is 31.6 Å². The minimum absolute atomic E-state index is 0.0285. The second kappa shape index (κ2) is 13.5. The Labute approximate surface area is 273 Å². The largest absolute Gasteiger partial charge is 0.491 e. The Kier molecular flexibility index (Phi) is 9.25. The summed E-state index contributed by atoms with van der Waals surface area (Å²) >= 11 is 7.78. The summed E-state index contributed by atoms with van der Waals surface area (Å²) in [6, 6.07) is 13.3. The lowest BCUT2D eigenvalue weighted by atomic mass is 10.1. The summed E-state index contributed by atoms with van der Waals surface area (Å²) in [6.07, 6.45) is -0.787.